The maximum atomic E-state index is 3.39. The van der Waals surface area contributed by atoms with Crippen LogP contribution in [0.1, 0.15) is 11.1 Å². The molecule has 0 bridgehead atoms. The summed E-state index contributed by atoms with van der Waals surface area (Å²) in [6.07, 6.45) is 0. The first-order valence-corrected chi connectivity index (χ1v) is 10.2. The third-order valence-electron chi connectivity index (χ3n) is 3.85. The molecule has 3 aromatic carbocycles. The van der Waals surface area contributed by atoms with Crippen LogP contribution in [-0.2, 0) is 0 Å². The van der Waals surface area contributed by atoms with E-state index in [2.05, 4.69) is 74.6 Å². The van der Waals surface area contributed by atoms with Crippen molar-refractivity contribution >= 4 is 31.2 Å². The molecule has 1 aromatic heterocycles. The molecule has 0 atom stereocenters. The molecule has 0 radical (unpaired) electrons. The minimum absolute atomic E-state index is 0.110. The van der Waals surface area contributed by atoms with Crippen LogP contribution in [-0.4, -0.2) is 20.4 Å². The van der Waals surface area contributed by atoms with Crippen molar-refractivity contribution in [2.45, 2.75) is 0 Å². The Morgan fingerprint density at radius 3 is 2.35 bits per heavy atom. The maximum absolute atomic E-state index is 3.39. The number of hydrogen-bond acceptors (Lipinski definition) is 0. The predicted octanol–water partition coefficient (Wildman–Crippen LogP) is 4.96. The molecule has 0 saturated carbocycles. The minimum atomic E-state index is -0.110. The molecule has 0 nitrogen and oxygen atoms in total. The zero-order valence-electron chi connectivity index (χ0n) is 12.5. The van der Waals surface area contributed by atoms with Crippen molar-refractivity contribution in [3.8, 4) is 23.0 Å². The quantitative estimate of drug-likeness (QED) is 0.310. The molecule has 108 valence electrons. The molecule has 0 saturated heterocycles. The molecule has 4 aromatic rings. The van der Waals surface area contributed by atoms with Gasteiger partial charge in [0, 0.05) is 0 Å². The van der Waals surface area contributed by atoms with Crippen LogP contribution in [0.3, 0.4) is 0 Å². The second kappa shape index (κ2) is 6.47. The SMILES string of the molecule is C(#Cc1ccc2ccccc2c1-c1cc[te]c1)c1ccccc1. The molecule has 0 fully saturated rings. The zero-order chi connectivity index (χ0) is 15.5. The van der Waals surface area contributed by atoms with E-state index in [4.69, 9.17) is 0 Å². The second-order valence-corrected chi connectivity index (χ2v) is 7.56. The van der Waals surface area contributed by atoms with Gasteiger partial charge in [0.1, 0.15) is 0 Å². The fourth-order valence-corrected chi connectivity index (χ4v) is 4.60. The molecular formula is C22H14Te. The molecule has 1 heteroatoms. The molecule has 0 N–H and O–H groups in total. The van der Waals surface area contributed by atoms with Crippen LogP contribution in [0.25, 0.3) is 21.9 Å². The Hall–Kier alpha value is -2.25. The van der Waals surface area contributed by atoms with Crippen molar-refractivity contribution in [3.05, 3.63) is 92.1 Å². The molecule has 0 spiro atoms. The first kappa shape index (κ1) is 14.3. The molecule has 23 heavy (non-hydrogen) atoms. The Morgan fingerprint density at radius 1 is 0.696 bits per heavy atom. The van der Waals surface area contributed by atoms with Gasteiger partial charge in [-0.2, -0.15) is 0 Å². The van der Waals surface area contributed by atoms with Crippen LogP contribution in [0.4, 0.5) is 0 Å². The Kier molecular flexibility index (Phi) is 4.04. The van der Waals surface area contributed by atoms with Gasteiger partial charge in [-0.1, -0.05) is 0 Å². The van der Waals surface area contributed by atoms with Crippen molar-refractivity contribution in [1.82, 2.24) is 0 Å². The fraction of sp³-hybridized carbons (Fsp3) is 0. The standard InChI is InChI=1S/C22H14Te/c1-2-6-17(7-3-1)10-11-19-13-12-18-8-4-5-9-21(18)22(19)20-14-15-23-16-20/h1-9,12-16H. The van der Waals surface area contributed by atoms with Crippen LogP contribution in [0.15, 0.2) is 81.0 Å². The van der Waals surface area contributed by atoms with Gasteiger partial charge in [-0.3, -0.25) is 0 Å². The first-order chi connectivity index (χ1) is 11.4. The van der Waals surface area contributed by atoms with Gasteiger partial charge < -0.3 is 0 Å². The number of hydrogen-bond donors (Lipinski definition) is 0. The van der Waals surface area contributed by atoms with Crippen LogP contribution in [0, 0.1) is 11.8 Å². The number of fused-ring (bicyclic) bond motifs is 1. The van der Waals surface area contributed by atoms with Crippen molar-refractivity contribution in [2.75, 3.05) is 0 Å². The van der Waals surface area contributed by atoms with Crippen molar-refractivity contribution < 1.29 is 0 Å². The van der Waals surface area contributed by atoms with E-state index in [0.717, 1.165) is 11.1 Å². The van der Waals surface area contributed by atoms with E-state index < -0.39 is 0 Å². The van der Waals surface area contributed by atoms with Gasteiger partial charge in [-0.25, -0.2) is 0 Å². The Labute approximate surface area is 146 Å². The number of benzene rings is 3. The van der Waals surface area contributed by atoms with Gasteiger partial charge in [0.05, 0.1) is 0 Å². The van der Waals surface area contributed by atoms with Crippen LogP contribution < -0.4 is 0 Å². The Morgan fingerprint density at radius 2 is 1.52 bits per heavy atom. The number of rotatable bonds is 1. The van der Waals surface area contributed by atoms with E-state index in [1.165, 1.54) is 21.9 Å². The van der Waals surface area contributed by atoms with Gasteiger partial charge in [0.25, 0.3) is 0 Å². The van der Waals surface area contributed by atoms with Crippen LogP contribution >= 0.6 is 0 Å². The Bertz CT molecular complexity index is 1000. The van der Waals surface area contributed by atoms with E-state index in [-0.39, 0.29) is 20.4 Å². The van der Waals surface area contributed by atoms with Crippen molar-refractivity contribution in [3.63, 3.8) is 0 Å². The molecule has 0 aliphatic rings. The third-order valence-corrected chi connectivity index (χ3v) is 5.80. The van der Waals surface area contributed by atoms with Gasteiger partial charge in [-0.05, 0) is 0 Å². The van der Waals surface area contributed by atoms with E-state index in [1.807, 2.05) is 18.2 Å². The molecular weight excluding hydrogens is 392 g/mol. The summed E-state index contributed by atoms with van der Waals surface area (Å²) >= 11 is -0.110. The summed E-state index contributed by atoms with van der Waals surface area (Å²) in [6, 6.07) is 25.3. The first-order valence-electron chi connectivity index (χ1n) is 7.53. The van der Waals surface area contributed by atoms with Gasteiger partial charge in [-0.15, -0.1) is 0 Å². The fourth-order valence-electron chi connectivity index (χ4n) is 2.75. The summed E-state index contributed by atoms with van der Waals surface area (Å²) in [5.74, 6) is 6.69. The summed E-state index contributed by atoms with van der Waals surface area (Å²) in [7, 11) is 0. The van der Waals surface area contributed by atoms with Crippen molar-refractivity contribution in [2.24, 2.45) is 0 Å². The third kappa shape index (κ3) is 2.97. The summed E-state index contributed by atoms with van der Waals surface area (Å²) in [5, 5.41) is 2.56. The average Bonchev–Trinajstić information content (AvgIpc) is 3.14. The summed E-state index contributed by atoms with van der Waals surface area (Å²) in [6.45, 7) is 0. The molecule has 0 aliphatic heterocycles. The second-order valence-electron chi connectivity index (χ2n) is 5.34. The predicted molar refractivity (Wildman–Crippen MR) is 98.7 cm³/mol. The van der Waals surface area contributed by atoms with E-state index >= 15 is 0 Å². The van der Waals surface area contributed by atoms with Crippen LogP contribution in [0.5, 0.6) is 0 Å². The molecule has 0 aliphatic carbocycles. The van der Waals surface area contributed by atoms with E-state index in [0.29, 0.717) is 0 Å². The summed E-state index contributed by atoms with van der Waals surface area (Å²) < 4.78 is 4.73. The summed E-state index contributed by atoms with van der Waals surface area (Å²) in [4.78, 5) is 0. The van der Waals surface area contributed by atoms with E-state index in [1.54, 1.807) is 0 Å². The topological polar surface area (TPSA) is 0 Å². The normalized spacial score (nSPS) is 10.3. The van der Waals surface area contributed by atoms with Gasteiger partial charge in [0.2, 0.25) is 0 Å². The molecule has 0 unspecified atom stereocenters. The van der Waals surface area contributed by atoms with Gasteiger partial charge in [0.15, 0.2) is 0 Å². The van der Waals surface area contributed by atoms with Crippen LogP contribution in [0.2, 0.25) is 0 Å². The summed E-state index contributed by atoms with van der Waals surface area (Å²) in [5.41, 5.74) is 4.78. The molecule has 0 amide bonds. The molecule has 1 heterocycles. The zero-order valence-corrected chi connectivity index (χ0v) is 14.8. The van der Waals surface area contributed by atoms with Gasteiger partial charge >= 0.3 is 146 Å². The Balaban J connectivity index is 1.94. The molecule has 4 rings (SSSR count). The van der Waals surface area contributed by atoms with Crippen molar-refractivity contribution in [1.29, 1.82) is 0 Å². The van der Waals surface area contributed by atoms with E-state index in [9.17, 15) is 0 Å². The monoisotopic (exact) mass is 408 g/mol. The average molecular weight is 406 g/mol.